The number of nitrogens with two attached hydrogens (primary N) is 3. The van der Waals surface area contributed by atoms with Crippen molar-refractivity contribution >= 4 is 29.7 Å². The molecule has 3 amide bonds. The van der Waals surface area contributed by atoms with Crippen LogP contribution < -0.4 is 33.2 Å². The van der Waals surface area contributed by atoms with E-state index in [0.717, 1.165) is 5.56 Å². The summed E-state index contributed by atoms with van der Waals surface area (Å²) in [6.07, 6.45) is 1.02. The smallest absolute Gasteiger partial charge is 0.326 e. The summed E-state index contributed by atoms with van der Waals surface area (Å²) in [6, 6.07) is 4.23. The lowest BCUT2D eigenvalue weighted by Gasteiger charge is -2.26. The third-order valence-electron chi connectivity index (χ3n) is 5.80. The average Bonchev–Trinajstić information content (AvgIpc) is 2.87. The molecule has 5 atom stereocenters. The Hall–Kier alpha value is -3.71. The molecule has 0 aliphatic heterocycles. The SMILES string of the molecule is CCC(C)C(NC(=O)C(Cc1ccccc1)NC(=O)C(CCCN=C(N)N)NC(=O)C(N)CO)C(=O)O. The molecule has 13 heteroatoms. The number of aliphatic imine (C=N–C) groups is 1. The van der Waals surface area contributed by atoms with E-state index in [9.17, 15) is 29.4 Å². The van der Waals surface area contributed by atoms with Crippen LogP contribution in [-0.2, 0) is 25.6 Å². The van der Waals surface area contributed by atoms with E-state index in [1.54, 1.807) is 37.3 Å². The average molecular weight is 522 g/mol. The number of aliphatic hydroxyl groups is 1. The molecule has 0 aliphatic carbocycles. The minimum Gasteiger partial charge on any atom is -0.480 e. The third-order valence-corrected chi connectivity index (χ3v) is 5.80. The van der Waals surface area contributed by atoms with Crippen molar-refractivity contribution in [3.05, 3.63) is 35.9 Å². The van der Waals surface area contributed by atoms with Crippen molar-refractivity contribution in [2.45, 2.75) is 63.7 Å². The van der Waals surface area contributed by atoms with Crippen LogP contribution in [0.4, 0.5) is 0 Å². The van der Waals surface area contributed by atoms with E-state index in [4.69, 9.17) is 17.2 Å². The van der Waals surface area contributed by atoms with E-state index in [-0.39, 0.29) is 31.3 Å². The molecule has 5 unspecified atom stereocenters. The molecule has 1 aromatic carbocycles. The highest BCUT2D eigenvalue weighted by molar-refractivity contribution is 5.94. The predicted octanol–water partition coefficient (Wildman–Crippen LogP) is -1.81. The molecular weight excluding hydrogens is 482 g/mol. The highest BCUT2D eigenvalue weighted by Gasteiger charge is 2.32. The zero-order chi connectivity index (χ0) is 28.0. The minimum atomic E-state index is -1.25. The van der Waals surface area contributed by atoms with Crippen LogP contribution in [0.25, 0.3) is 0 Å². The van der Waals surface area contributed by atoms with Gasteiger partial charge in [0.2, 0.25) is 17.7 Å². The molecule has 11 N–H and O–H groups in total. The van der Waals surface area contributed by atoms with Gasteiger partial charge in [0.1, 0.15) is 24.2 Å². The molecule has 0 saturated heterocycles. The van der Waals surface area contributed by atoms with Gasteiger partial charge in [0.05, 0.1) is 6.61 Å². The predicted molar refractivity (Wildman–Crippen MR) is 138 cm³/mol. The summed E-state index contributed by atoms with van der Waals surface area (Å²) >= 11 is 0. The Bertz CT molecular complexity index is 923. The number of benzene rings is 1. The Labute approximate surface area is 216 Å². The van der Waals surface area contributed by atoms with Crippen LogP contribution in [0, 0.1) is 5.92 Å². The fourth-order valence-corrected chi connectivity index (χ4v) is 3.40. The summed E-state index contributed by atoms with van der Waals surface area (Å²) in [6.45, 7) is 3.08. The normalized spacial score (nSPS) is 14.8. The van der Waals surface area contributed by atoms with Crippen molar-refractivity contribution in [1.29, 1.82) is 0 Å². The maximum atomic E-state index is 13.2. The first-order valence-corrected chi connectivity index (χ1v) is 12.1. The molecule has 0 saturated carbocycles. The molecular formula is C24H39N7O6. The summed E-state index contributed by atoms with van der Waals surface area (Å²) in [5.74, 6) is -3.78. The first-order chi connectivity index (χ1) is 17.5. The van der Waals surface area contributed by atoms with Crippen LogP contribution in [0.5, 0.6) is 0 Å². The number of carboxylic acid groups (broad SMARTS) is 1. The Morgan fingerprint density at radius 3 is 2.11 bits per heavy atom. The largest absolute Gasteiger partial charge is 0.480 e. The van der Waals surface area contributed by atoms with Crippen LogP contribution in [-0.4, -0.2) is 77.2 Å². The molecule has 0 aliphatic rings. The van der Waals surface area contributed by atoms with Gasteiger partial charge in [-0.05, 0) is 24.3 Å². The first-order valence-electron chi connectivity index (χ1n) is 12.1. The van der Waals surface area contributed by atoms with Crippen molar-refractivity contribution in [2.75, 3.05) is 13.2 Å². The van der Waals surface area contributed by atoms with Crippen molar-refractivity contribution in [3.8, 4) is 0 Å². The monoisotopic (exact) mass is 521 g/mol. The molecule has 0 bridgehead atoms. The lowest BCUT2D eigenvalue weighted by molar-refractivity contribution is -0.143. The Morgan fingerprint density at radius 2 is 1.57 bits per heavy atom. The number of nitrogens with one attached hydrogen (secondary N) is 3. The molecule has 13 nitrogen and oxygen atoms in total. The number of hydrogen-bond donors (Lipinski definition) is 8. The van der Waals surface area contributed by atoms with Gasteiger partial charge in [0.15, 0.2) is 5.96 Å². The second-order valence-electron chi connectivity index (χ2n) is 8.76. The van der Waals surface area contributed by atoms with Gasteiger partial charge in [-0.15, -0.1) is 0 Å². The number of guanidine groups is 1. The van der Waals surface area contributed by atoms with Gasteiger partial charge in [-0.25, -0.2) is 4.79 Å². The molecule has 0 heterocycles. The van der Waals surface area contributed by atoms with E-state index < -0.39 is 54.5 Å². The fourth-order valence-electron chi connectivity index (χ4n) is 3.40. The van der Waals surface area contributed by atoms with Crippen LogP contribution in [0.15, 0.2) is 35.3 Å². The topological polar surface area (TPSA) is 235 Å². The van der Waals surface area contributed by atoms with E-state index in [2.05, 4.69) is 20.9 Å². The summed E-state index contributed by atoms with van der Waals surface area (Å²) < 4.78 is 0. The zero-order valence-electron chi connectivity index (χ0n) is 21.2. The van der Waals surface area contributed by atoms with Gasteiger partial charge in [-0.2, -0.15) is 0 Å². The van der Waals surface area contributed by atoms with Crippen LogP contribution in [0.1, 0.15) is 38.7 Å². The van der Waals surface area contributed by atoms with E-state index in [1.807, 2.05) is 6.92 Å². The molecule has 0 fully saturated rings. The van der Waals surface area contributed by atoms with E-state index in [0.29, 0.717) is 12.8 Å². The summed E-state index contributed by atoms with van der Waals surface area (Å²) in [7, 11) is 0. The number of carbonyl (C=O) groups excluding carboxylic acids is 3. The lowest BCUT2D eigenvalue weighted by atomic mass is 9.98. The molecule has 0 aromatic heterocycles. The minimum absolute atomic E-state index is 0.0794. The van der Waals surface area contributed by atoms with Crippen LogP contribution in [0.3, 0.4) is 0 Å². The zero-order valence-corrected chi connectivity index (χ0v) is 21.2. The molecule has 1 rings (SSSR count). The maximum absolute atomic E-state index is 13.2. The highest BCUT2D eigenvalue weighted by atomic mass is 16.4. The van der Waals surface area contributed by atoms with E-state index in [1.165, 1.54) is 0 Å². The Balaban J connectivity index is 3.15. The molecule has 37 heavy (non-hydrogen) atoms. The number of nitrogens with zero attached hydrogens (tertiary/aromatic N) is 1. The molecule has 206 valence electrons. The highest BCUT2D eigenvalue weighted by Crippen LogP contribution is 2.10. The Morgan fingerprint density at radius 1 is 0.973 bits per heavy atom. The quantitative estimate of drug-likeness (QED) is 0.0694. The number of carbonyl (C=O) groups is 4. The van der Waals surface area contributed by atoms with Crippen molar-refractivity contribution in [2.24, 2.45) is 28.1 Å². The lowest BCUT2D eigenvalue weighted by Crippen LogP contribution is -2.58. The van der Waals surface area contributed by atoms with Gasteiger partial charge in [0.25, 0.3) is 0 Å². The van der Waals surface area contributed by atoms with Gasteiger partial charge in [0, 0.05) is 13.0 Å². The number of aliphatic hydroxyl groups excluding tert-OH is 1. The van der Waals surface area contributed by atoms with Crippen LogP contribution >= 0.6 is 0 Å². The number of hydrogen-bond acceptors (Lipinski definition) is 7. The number of rotatable bonds is 16. The van der Waals surface area contributed by atoms with Gasteiger partial charge in [-0.3, -0.25) is 19.4 Å². The van der Waals surface area contributed by atoms with E-state index >= 15 is 0 Å². The molecule has 0 radical (unpaired) electrons. The number of carboxylic acids is 1. The summed E-state index contributed by atoms with van der Waals surface area (Å²) in [5.41, 5.74) is 16.9. The summed E-state index contributed by atoms with van der Waals surface area (Å²) in [5, 5.41) is 26.4. The van der Waals surface area contributed by atoms with Crippen molar-refractivity contribution in [1.82, 2.24) is 16.0 Å². The second kappa shape index (κ2) is 16.1. The van der Waals surface area contributed by atoms with Gasteiger partial charge < -0.3 is 43.4 Å². The third kappa shape index (κ3) is 11.3. The fraction of sp³-hybridized carbons (Fsp3) is 0.542. The van der Waals surface area contributed by atoms with Crippen molar-refractivity contribution < 1.29 is 29.4 Å². The Kier molecular flexibility index (Phi) is 13.6. The van der Waals surface area contributed by atoms with Crippen molar-refractivity contribution in [3.63, 3.8) is 0 Å². The maximum Gasteiger partial charge on any atom is 0.326 e. The number of amides is 3. The standard InChI is InChI=1S/C24H39N7O6/c1-3-14(2)19(23(36)37)31-22(35)18(12-15-8-5-4-6-9-15)30-21(34)17(10-7-11-28-24(26)27)29-20(33)16(25)13-32/h4-6,8-9,14,16-19,32H,3,7,10-13,25H2,1-2H3,(H,29,33)(H,30,34)(H,31,35)(H,36,37)(H4,26,27,28). The first kappa shape index (κ1) is 31.3. The van der Waals surface area contributed by atoms with Gasteiger partial charge in [-0.1, -0.05) is 50.6 Å². The van der Waals surface area contributed by atoms with Gasteiger partial charge >= 0.3 is 5.97 Å². The molecule has 0 spiro atoms. The second-order valence-corrected chi connectivity index (χ2v) is 8.76. The van der Waals surface area contributed by atoms with Crippen LogP contribution in [0.2, 0.25) is 0 Å². The summed E-state index contributed by atoms with van der Waals surface area (Å²) in [4.78, 5) is 54.3. The number of aliphatic carboxylic acids is 1. The molecule has 1 aromatic rings.